The lowest BCUT2D eigenvalue weighted by atomic mass is 10.1. The lowest BCUT2D eigenvalue weighted by Crippen LogP contribution is -2.23. The number of thiophene rings is 1. The molecular weight excluding hydrogens is 216 g/mol. The van der Waals surface area contributed by atoms with E-state index in [2.05, 4.69) is 43.3 Å². The van der Waals surface area contributed by atoms with Crippen LogP contribution in [0.5, 0.6) is 0 Å². The average molecular weight is 240 g/mol. The number of nitrogens with two attached hydrogens (primary N) is 1. The topological polar surface area (TPSA) is 29.3 Å². The van der Waals surface area contributed by atoms with Crippen molar-refractivity contribution in [3.8, 4) is 0 Å². The van der Waals surface area contributed by atoms with Gasteiger partial charge in [-0.15, -0.1) is 11.3 Å². The summed E-state index contributed by atoms with van der Waals surface area (Å²) in [5, 5.41) is 2.15. The van der Waals surface area contributed by atoms with E-state index in [0.717, 1.165) is 13.0 Å². The number of hydrogen-bond acceptors (Lipinski definition) is 3. The van der Waals surface area contributed by atoms with Crippen LogP contribution in [0.2, 0.25) is 0 Å². The second-order valence-electron chi connectivity index (χ2n) is 4.65. The van der Waals surface area contributed by atoms with Gasteiger partial charge in [-0.05, 0) is 51.7 Å². The molecule has 1 rings (SSSR count). The Labute approximate surface area is 103 Å². The SMILES string of the molecule is CC(N)CCCCN(C)C(C)c1cccs1. The first kappa shape index (κ1) is 13.7. The maximum Gasteiger partial charge on any atom is 0.0410 e. The first-order valence-corrected chi connectivity index (χ1v) is 6.98. The second-order valence-corrected chi connectivity index (χ2v) is 5.62. The molecule has 1 aromatic heterocycles. The predicted molar refractivity (Wildman–Crippen MR) is 72.9 cm³/mol. The van der Waals surface area contributed by atoms with Crippen molar-refractivity contribution in [3.05, 3.63) is 22.4 Å². The summed E-state index contributed by atoms with van der Waals surface area (Å²) in [5.41, 5.74) is 5.73. The quantitative estimate of drug-likeness (QED) is 0.741. The third-order valence-corrected chi connectivity index (χ3v) is 4.08. The van der Waals surface area contributed by atoms with E-state index in [4.69, 9.17) is 5.73 Å². The van der Waals surface area contributed by atoms with Crippen LogP contribution >= 0.6 is 11.3 Å². The molecule has 0 aliphatic heterocycles. The van der Waals surface area contributed by atoms with Crippen molar-refractivity contribution in [1.82, 2.24) is 4.90 Å². The molecule has 0 radical (unpaired) electrons. The van der Waals surface area contributed by atoms with Gasteiger partial charge in [-0.1, -0.05) is 12.5 Å². The highest BCUT2D eigenvalue weighted by molar-refractivity contribution is 7.10. The molecule has 0 amide bonds. The van der Waals surface area contributed by atoms with Gasteiger partial charge in [0.15, 0.2) is 0 Å². The molecule has 2 atom stereocenters. The van der Waals surface area contributed by atoms with Crippen molar-refractivity contribution >= 4 is 11.3 Å². The van der Waals surface area contributed by atoms with Gasteiger partial charge in [0.25, 0.3) is 0 Å². The van der Waals surface area contributed by atoms with Crippen LogP contribution in [0.15, 0.2) is 17.5 Å². The minimum Gasteiger partial charge on any atom is -0.328 e. The van der Waals surface area contributed by atoms with Crippen molar-refractivity contribution in [2.24, 2.45) is 5.73 Å². The van der Waals surface area contributed by atoms with Crippen molar-refractivity contribution in [2.75, 3.05) is 13.6 Å². The minimum atomic E-state index is 0.347. The highest BCUT2D eigenvalue weighted by Crippen LogP contribution is 2.23. The molecule has 2 nitrogen and oxygen atoms in total. The molecule has 16 heavy (non-hydrogen) atoms. The molecule has 0 spiro atoms. The Hall–Kier alpha value is -0.380. The van der Waals surface area contributed by atoms with E-state index in [1.165, 1.54) is 17.7 Å². The van der Waals surface area contributed by atoms with Gasteiger partial charge in [0.2, 0.25) is 0 Å². The Morgan fingerprint density at radius 2 is 2.12 bits per heavy atom. The third kappa shape index (κ3) is 4.64. The number of rotatable bonds is 7. The minimum absolute atomic E-state index is 0.347. The zero-order chi connectivity index (χ0) is 12.0. The van der Waals surface area contributed by atoms with Crippen LogP contribution < -0.4 is 5.73 Å². The zero-order valence-electron chi connectivity index (χ0n) is 10.6. The van der Waals surface area contributed by atoms with Crippen molar-refractivity contribution in [1.29, 1.82) is 0 Å². The van der Waals surface area contributed by atoms with Crippen LogP contribution in [0.4, 0.5) is 0 Å². The summed E-state index contributed by atoms with van der Waals surface area (Å²) in [6, 6.07) is 5.23. The van der Waals surface area contributed by atoms with Crippen LogP contribution in [0.3, 0.4) is 0 Å². The van der Waals surface area contributed by atoms with Crippen LogP contribution in [0.1, 0.15) is 44.0 Å². The van der Waals surface area contributed by atoms with Crippen LogP contribution in [-0.4, -0.2) is 24.5 Å². The Morgan fingerprint density at radius 3 is 2.69 bits per heavy atom. The van der Waals surface area contributed by atoms with Crippen LogP contribution in [0.25, 0.3) is 0 Å². The van der Waals surface area contributed by atoms with E-state index in [1.807, 2.05) is 11.3 Å². The van der Waals surface area contributed by atoms with Crippen molar-refractivity contribution < 1.29 is 0 Å². The first-order chi connectivity index (χ1) is 7.61. The Balaban J connectivity index is 2.22. The monoisotopic (exact) mass is 240 g/mol. The molecule has 2 N–H and O–H groups in total. The molecule has 2 unspecified atom stereocenters. The molecule has 1 heterocycles. The Morgan fingerprint density at radius 1 is 1.38 bits per heavy atom. The summed E-state index contributed by atoms with van der Waals surface area (Å²) >= 11 is 1.84. The van der Waals surface area contributed by atoms with Crippen LogP contribution in [-0.2, 0) is 0 Å². The summed E-state index contributed by atoms with van der Waals surface area (Å²) in [6.07, 6.45) is 3.62. The number of nitrogens with zero attached hydrogens (tertiary/aromatic N) is 1. The summed E-state index contributed by atoms with van der Waals surface area (Å²) in [4.78, 5) is 3.88. The van der Waals surface area contributed by atoms with Gasteiger partial charge >= 0.3 is 0 Å². The number of unbranched alkanes of at least 4 members (excludes halogenated alkanes) is 1. The van der Waals surface area contributed by atoms with Gasteiger partial charge < -0.3 is 5.73 Å². The maximum absolute atomic E-state index is 5.73. The molecule has 3 heteroatoms. The van der Waals surface area contributed by atoms with E-state index in [0.29, 0.717) is 12.1 Å². The standard InChI is InChI=1S/C13H24N2S/c1-11(14)7-4-5-9-15(3)12(2)13-8-6-10-16-13/h6,8,10-12H,4-5,7,9,14H2,1-3H3. The molecule has 92 valence electrons. The second kappa shape index (κ2) is 7.05. The van der Waals surface area contributed by atoms with E-state index in [-0.39, 0.29) is 0 Å². The van der Waals surface area contributed by atoms with Gasteiger partial charge in [-0.3, -0.25) is 4.90 Å². The smallest absolute Gasteiger partial charge is 0.0410 e. The van der Waals surface area contributed by atoms with E-state index in [1.54, 1.807) is 0 Å². The Kier molecular flexibility index (Phi) is 6.03. The molecule has 0 bridgehead atoms. The first-order valence-electron chi connectivity index (χ1n) is 6.10. The molecule has 0 aliphatic carbocycles. The predicted octanol–water partition coefficient (Wildman–Crippen LogP) is 3.26. The zero-order valence-corrected chi connectivity index (χ0v) is 11.5. The van der Waals surface area contributed by atoms with Gasteiger partial charge in [0.1, 0.15) is 0 Å². The summed E-state index contributed by atoms with van der Waals surface area (Å²) < 4.78 is 0. The third-order valence-electron chi connectivity index (χ3n) is 3.04. The van der Waals surface area contributed by atoms with Crippen molar-refractivity contribution in [3.63, 3.8) is 0 Å². The molecule has 0 saturated carbocycles. The molecule has 0 aromatic carbocycles. The van der Waals surface area contributed by atoms with E-state index < -0.39 is 0 Å². The molecule has 0 fully saturated rings. The fourth-order valence-corrected chi connectivity index (χ4v) is 2.62. The largest absolute Gasteiger partial charge is 0.328 e. The maximum atomic E-state index is 5.73. The lowest BCUT2D eigenvalue weighted by Gasteiger charge is -2.23. The van der Waals surface area contributed by atoms with Gasteiger partial charge in [-0.2, -0.15) is 0 Å². The molecule has 1 aromatic rings. The van der Waals surface area contributed by atoms with E-state index in [9.17, 15) is 0 Å². The average Bonchev–Trinajstić information content (AvgIpc) is 2.76. The fourth-order valence-electron chi connectivity index (χ4n) is 1.77. The molecule has 0 saturated heterocycles. The van der Waals surface area contributed by atoms with Crippen LogP contribution in [0, 0.1) is 0 Å². The lowest BCUT2D eigenvalue weighted by molar-refractivity contribution is 0.258. The van der Waals surface area contributed by atoms with E-state index >= 15 is 0 Å². The summed E-state index contributed by atoms with van der Waals surface area (Å²) in [7, 11) is 2.20. The van der Waals surface area contributed by atoms with Gasteiger partial charge in [-0.25, -0.2) is 0 Å². The molecule has 0 aliphatic rings. The highest BCUT2D eigenvalue weighted by atomic mass is 32.1. The summed E-state index contributed by atoms with van der Waals surface area (Å²) in [6.45, 7) is 5.52. The Bertz CT molecular complexity index is 269. The van der Waals surface area contributed by atoms with Gasteiger partial charge in [0, 0.05) is 17.0 Å². The van der Waals surface area contributed by atoms with Crippen molar-refractivity contribution in [2.45, 2.75) is 45.2 Å². The fraction of sp³-hybridized carbons (Fsp3) is 0.692. The van der Waals surface area contributed by atoms with Gasteiger partial charge in [0.05, 0.1) is 0 Å². The number of hydrogen-bond donors (Lipinski definition) is 1. The summed E-state index contributed by atoms with van der Waals surface area (Å²) in [5.74, 6) is 0. The highest BCUT2D eigenvalue weighted by Gasteiger charge is 2.11. The normalized spacial score (nSPS) is 15.3. The molecular formula is C13H24N2S.